The number of amides is 1. The molecule has 3 rings (SSSR count). The number of nitrogens with one attached hydrogen (secondary N) is 1. The van der Waals surface area contributed by atoms with Crippen LogP contribution >= 0.6 is 11.3 Å². The number of methoxy groups -OCH3 is 1. The van der Waals surface area contributed by atoms with Crippen LogP contribution in [0.25, 0.3) is 11.3 Å². The van der Waals surface area contributed by atoms with E-state index in [2.05, 4.69) is 10.3 Å². The third-order valence-electron chi connectivity index (χ3n) is 3.88. The summed E-state index contributed by atoms with van der Waals surface area (Å²) in [6.07, 6.45) is 0. The third-order valence-corrected chi connectivity index (χ3v) is 4.64. The van der Waals surface area contributed by atoms with E-state index < -0.39 is 18.5 Å². The number of ether oxygens (including phenoxy) is 3. The monoisotopic (exact) mass is 412 g/mol. The van der Waals surface area contributed by atoms with Crippen molar-refractivity contribution in [3.63, 3.8) is 0 Å². The molecule has 1 amide bonds. The smallest absolute Gasteiger partial charge is 0.342 e. The summed E-state index contributed by atoms with van der Waals surface area (Å²) in [6.45, 7) is 1.83. The summed E-state index contributed by atoms with van der Waals surface area (Å²) in [6, 6.07) is 14.2. The molecule has 0 aliphatic carbocycles. The number of carbonyl (C=O) groups excluding carboxylic acids is 2. The Hall–Kier alpha value is -3.39. The van der Waals surface area contributed by atoms with E-state index in [9.17, 15) is 9.59 Å². The molecule has 1 N–H and O–H groups in total. The molecule has 0 saturated heterocycles. The van der Waals surface area contributed by atoms with Gasteiger partial charge in [-0.3, -0.25) is 10.1 Å². The average Bonchev–Trinajstić information content (AvgIpc) is 3.21. The fourth-order valence-corrected chi connectivity index (χ4v) is 3.24. The number of rotatable bonds is 8. The van der Waals surface area contributed by atoms with E-state index in [0.717, 1.165) is 17.0 Å². The van der Waals surface area contributed by atoms with Crippen molar-refractivity contribution in [2.45, 2.75) is 6.92 Å². The van der Waals surface area contributed by atoms with Crippen LogP contribution in [0.2, 0.25) is 0 Å². The molecule has 0 atom stereocenters. The zero-order chi connectivity index (χ0) is 20.6. The topological polar surface area (TPSA) is 86.8 Å². The molecule has 8 heteroatoms. The zero-order valence-electron chi connectivity index (χ0n) is 16.0. The fourth-order valence-electron chi connectivity index (χ4n) is 2.51. The van der Waals surface area contributed by atoms with Crippen LogP contribution in [0.15, 0.2) is 53.9 Å². The summed E-state index contributed by atoms with van der Waals surface area (Å²) in [7, 11) is 1.60. The maximum absolute atomic E-state index is 12.2. The summed E-state index contributed by atoms with van der Waals surface area (Å²) in [4.78, 5) is 28.7. The molecule has 0 bridgehead atoms. The molecule has 0 aliphatic heterocycles. The highest BCUT2D eigenvalue weighted by molar-refractivity contribution is 7.14. The summed E-state index contributed by atoms with van der Waals surface area (Å²) in [5.74, 6) is 0.0832. The summed E-state index contributed by atoms with van der Waals surface area (Å²) in [5, 5.41) is 4.89. The van der Waals surface area contributed by atoms with Gasteiger partial charge >= 0.3 is 5.97 Å². The quantitative estimate of drug-likeness (QED) is 0.563. The lowest BCUT2D eigenvalue weighted by molar-refractivity contribution is -0.119. The molecule has 7 nitrogen and oxygen atoms in total. The number of thiazole rings is 1. The van der Waals surface area contributed by atoms with Gasteiger partial charge in [0.05, 0.1) is 19.4 Å². The summed E-state index contributed by atoms with van der Waals surface area (Å²) >= 11 is 1.29. The van der Waals surface area contributed by atoms with Crippen LogP contribution in [0.3, 0.4) is 0 Å². The van der Waals surface area contributed by atoms with Crippen molar-refractivity contribution < 1.29 is 23.8 Å². The van der Waals surface area contributed by atoms with E-state index in [4.69, 9.17) is 14.2 Å². The molecule has 150 valence electrons. The van der Waals surface area contributed by atoms with Gasteiger partial charge in [-0.25, -0.2) is 9.78 Å². The van der Waals surface area contributed by atoms with Gasteiger partial charge in [0.1, 0.15) is 17.1 Å². The first-order valence-corrected chi connectivity index (χ1v) is 9.77. The standard InChI is InChI=1S/C21H20N2O5S/c1-3-27-18-7-5-4-6-16(18)20(25)28-12-19(24)23-21-22-17(13-29-21)14-8-10-15(26-2)11-9-14/h4-11,13H,3,12H2,1-2H3,(H,22,23,24). The SMILES string of the molecule is CCOc1ccccc1C(=O)OCC(=O)Nc1nc(-c2ccc(OC)cc2)cs1. The molecule has 0 fully saturated rings. The first-order chi connectivity index (χ1) is 14.1. The second kappa shape index (κ2) is 9.70. The normalized spacial score (nSPS) is 10.3. The Morgan fingerprint density at radius 3 is 2.59 bits per heavy atom. The molecular formula is C21H20N2O5S. The molecule has 1 aromatic heterocycles. The van der Waals surface area contributed by atoms with Crippen molar-refractivity contribution in [1.29, 1.82) is 0 Å². The van der Waals surface area contributed by atoms with Crippen molar-refractivity contribution in [3.8, 4) is 22.8 Å². The lowest BCUT2D eigenvalue weighted by Gasteiger charge is -2.09. The molecule has 1 heterocycles. The van der Waals surface area contributed by atoms with Gasteiger partial charge in [0, 0.05) is 10.9 Å². The van der Waals surface area contributed by atoms with Gasteiger partial charge < -0.3 is 14.2 Å². The van der Waals surface area contributed by atoms with E-state index in [1.165, 1.54) is 11.3 Å². The number of hydrogen-bond donors (Lipinski definition) is 1. The van der Waals surface area contributed by atoms with E-state index in [-0.39, 0.29) is 5.56 Å². The van der Waals surface area contributed by atoms with Crippen LogP contribution in [0.4, 0.5) is 5.13 Å². The van der Waals surface area contributed by atoms with Crippen LogP contribution in [-0.4, -0.2) is 37.2 Å². The van der Waals surface area contributed by atoms with Gasteiger partial charge in [0.15, 0.2) is 11.7 Å². The number of hydrogen-bond acceptors (Lipinski definition) is 7. The number of para-hydroxylation sites is 1. The van der Waals surface area contributed by atoms with Crippen molar-refractivity contribution in [3.05, 3.63) is 59.5 Å². The van der Waals surface area contributed by atoms with E-state index >= 15 is 0 Å². The van der Waals surface area contributed by atoms with E-state index in [0.29, 0.717) is 17.5 Å². The van der Waals surface area contributed by atoms with Gasteiger partial charge in [-0.1, -0.05) is 12.1 Å². The Morgan fingerprint density at radius 1 is 1.10 bits per heavy atom. The Morgan fingerprint density at radius 2 is 1.86 bits per heavy atom. The first kappa shape index (κ1) is 20.3. The summed E-state index contributed by atoms with van der Waals surface area (Å²) < 4.78 is 15.6. The molecule has 0 unspecified atom stereocenters. The Bertz CT molecular complexity index is 985. The van der Waals surface area contributed by atoms with Crippen LogP contribution in [0.1, 0.15) is 17.3 Å². The maximum atomic E-state index is 12.2. The maximum Gasteiger partial charge on any atom is 0.342 e. The molecule has 0 spiro atoms. The number of anilines is 1. The van der Waals surface area contributed by atoms with E-state index in [1.807, 2.05) is 36.6 Å². The molecule has 0 aliphatic rings. The highest BCUT2D eigenvalue weighted by Crippen LogP contribution is 2.26. The number of benzene rings is 2. The van der Waals surface area contributed by atoms with Crippen molar-refractivity contribution in [1.82, 2.24) is 4.98 Å². The second-order valence-electron chi connectivity index (χ2n) is 5.82. The lowest BCUT2D eigenvalue weighted by Crippen LogP contribution is -2.21. The van der Waals surface area contributed by atoms with Gasteiger partial charge in [0.25, 0.3) is 5.91 Å². The number of carbonyl (C=O) groups is 2. The highest BCUT2D eigenvalue weighted by Gasteiger charge is 2.16. The van der Waals surface area contributed by atoms with E-state index in [1.54, 1.807) is 31.4 Å². The predicted octanol–water partition coefficient (Wildman–Crippen LogP) is 4.01. The van der Waals surface area contributed by atoms with Crippen molar-refractivity contribution >= 4 is 28.3 Å². The van der Waals surface area contributed by atoms with Crippen LogP contribution in [0.5, 0.6) is 11.5 Å². The van der Waals surface area contributed by atoms with Crippen molar-refractivity contribution in [2.75, 3.05) is 25.6 Å². The molecule has 0 saturated carbocycles. The second-order valence-corrected chi connectivity index (χ2v) is 6.68. The number of aromatic nitrogens is 1. The van der Waals surface area contributed by atoms with Gasteiger partial charge in [-0.15, -0.1) is 11.3 Å². The third kappa shape index (κ3) is 5.32. The fraction of sp³-hybridized carbons (Fsp3) is 0.190. The van der Waals surface area contributed by atoms with Gasteiger partial charge in [-0.05, 0) is 43.3 Å². The largest absolute Gasteiger partial charge is 0.497 e. The van der Waals surface area contributed by atoms with Crippen LogP contribution in [-0.2, 0) is 9.53 Å². The molecular weight excluding hydrogens is 392 g/mol. The number of nitrogens with zero attached hydrogens (tertiary/aromatic N) is 1. The zero-order valence-corrected chi connectivity index (χ0v) is 16.8. The van der Waals surface area contributed by atoms with Crippen LogP contribution in [0, 0.1) is 0 Å². The number of esters is 1. The Kier molecular flexibility index (Phi) is 6.80. The minimum absolute atomic E-state index is 0.276. The molecule has 2 aromatic carbocycles. The molecule has 3 aromatic rings. The average molecular weight is 412 g/mol. The Labute approximate surface area is 172 Å². The minimum Gasteiger partial charge on any atom is -0.497 e. The molecule has 0 radical (unpaired) electrons. The van der Waals surface area contributed by atoms with Crippen LogP contribution < -0.4 is 14.8 Å². The lowest BCUT2D eigenvalue weighted by atomic mass is 10.2. The van der Waals surface area contributed by atoms with Gasteiger partial charge in [-0.2, -0.15) is 0 Å². The molecule has 29 heavy (non-hydrogen) atoms. The Balaban J connectivity index is 1.56. The first-order valence-electron chi connectivity index (χ1n) is 8.89. The highest BCUT2D eigenvalue weighted by atomic mass is 32.1. The minimum atomic E-state index is -0.623. The van der Waals surface area contributed by atoms with Gasteiger partial charge in [0.2, 0.25) is 0 Å². The predicted molar refractivity (Wildman–Crippen MR) is 111 cm³/mol. The summed E-state index contributed by atoms with van der Waals surface area (Å²) in [5.41, 5.74) is 1.91. The van der Waals surface area contributed by atoms with Crippen molar-refractivity contribution in [2.24, 2.45) is 0 Å².